The van der Waals surface area contributed by atoms with Crippen molar-refractivity contribution in [3.63, 3.8) is 0 Å². The number of benzene rings is 1. The van der Waals surface area contributed by atoms with Gasteiger partial charge in [-0.1, -0.05) is 6.07 Å². The van der Waals surface area contributed by atoms with E-state index in [1.807, 2.05) is 26.0 Å². The summed E-state index contributed by atoms with van der Waals surface area (Å²) in [6.45, 7) is 4.40. The van der Waals surface area contributed by atoms with Crippen LogP contribution in [0.3, 0.4) is 0 Å². The smallest absolute Gasteiger partial charge is 0.257 e. The van der Waals surface area contributed by atoms with E-state index >= 15 is 0 Å². The highest BCUT2D eigenvalue weighted by atomic mass is 16.5. The number of H-pyrrole nitrogens is 1. The highest BCUT2D eigenvalue weighted by molar-refractivity contribution is 5.77. The molecule has 0 saturated carbocycles. The number of hydrogen-bond acceptors (Lipinski definition) is 6. The molecule has 1 aromatic carbocycles. The van der Waals surface area contributed by atoms with Crippen LogP contribution in [0.25, 0.3) is 5.69 Å². The summed E-state index contributed by atoms with van der Waals surface area (Å²) in [4.78, 5) is 11.9. The van der Waals surface area contributed by atoms with Gasteiger partial charge in [-0.2, -0.15) is 5.10 Å². The lowest BCUT2D eigenvalue weighted by Crippen LogP contribution is -2.30. The number of nitrogens with one attached hydrogen (secondary N) is 2. The standard InChI is InChI=1S/C16H19N7O2/c1-11-15(12(2)20-19-11)6-7-17-16(24)9-25-14-5-3-4-13(8-14)23-10-18-21-22-23/h3-5,8,10H,6-7,9H2,1-2H3,(H,17,24)(H,19,20). The average Bonchev–Trinajstić information content (AvgIpc) is 3.26. The molecule has 9 nitrogen and oxygen atoms in total. The average molecular weight is 341 g/mol. The van der Waals surface area contributed by atoms with Gasteiger partial charge >= 0.3 is 0 Å². The second-order valence-electron chi connectivity index (χ2n) is 5.55. The number of carbonyl (C=O) groups excluding carboxylic acids is 1. The van der Waals surface area contributed by atoms with Crippen molar-refractivity contribution >= 4 is 5.91 Å². The maximum absolute atomic E-state index is 11.9. The molecule has 25 heavy (non-hydrogen) atoms. The van der Waals surface area contributed by atoms with E-state index < -0.39 is 0 Å². The van der Waals surface area contributed by atoms with Crippen molar-refractivity contribution in [1.82, 2.24) is 35.7 Å². The van der Waals surface area contributed by atoms with E-state index in [0.717, 1.165) is 29.1 Å². The van der Waals surface area contributed by atoms with Gasteiger partial charge in [-0.25, -0.2) is 4.68 Å². The molecule has 0 atom stereocenters. The summed E-state index contributed by atoms with van der Waals surface area (Å²) in [6, 6.07) is 7.20. The number of carbonyl (C=O) groups is 1. The quantitative estimate of drug-likeness (QED) is 0.656. The Bertz CT molecular complexity index is 823. The zero-order chi connectivity index (χ0) is 17.6. The molecule has 0 aliphatic heterocycles. The number of amides is 1. The number of nitrogens with zero attached hydrogens (tertiary/aromatic N) is 5. The van der Waals surface area contributed by atoms with E-state index in [2.05, 4.69) is 31.0 Å². The molecule has 0 unspecified atom stereocenters. The Kier molecular flexibility index (Phi) is 5.03. The van der Waals surface area contributed by atoms with Crippen LogP contribution in [-0.2, 0) is 11.2 Å². The predicted octanol–water partition coefficient (Wildman–Crippen LogP) is 0.740. The van der Waals surface area contributed by atoms with Crippen molar-refractivity contribution in [2.75, 3.05) is 13.2 Å². The molecule has 130 valence electrons. The fourth-order valence-electron chi connectivity index (χ4n) is 2.46. The van der Waals surface area contributed by atoms with E-state index in [1.54, 1.807) is 12.1 Å². The number of tetrazole rings is 1. The van der Waals surface area contributed by atoms with Gasteiger partial charge in [-0.3, -0.25) is 9.89 Å². The molecule has 1 amide bonds. The molecule has 0 spiro atoms. The first-order chi connectivity index (χ1) is 12.1. The fourth-order valence-corrected chi connectivity index (χ4v) is 2.46. The van der Waals surface area contributed by atoms with Gasteiger partial charge in [0.05, 0.1) is 11.4 Å². The lowest BCUT2D eigenvalue weighted by Gasteiger charge is -2.09. The van der Waals surface area contributed by atoms with E-state index in [-0.39, 0.29) is 12.5 Å². The minimum absolute atomic E-state index is 0.0532. The van der Waals surface area contributed by atoms with E-state index in [4.69, 9.17) is 4.74 Å². The largest absolute Gasteiger partial charge is 0.484 e. The van der Waals surface area contributed by atoms with Crippen LogP contribution in [0.2, 0.25) is 0 Å². The van der Waals surface area contributed by atoms with Gasteiger partial charge in [0.25, 0.3) is 5.91 Å². The molecule has 0 bridgehead atoms. The topological polar surface area (TPSA) is 111 Å². The van der Waals surface area contributed by atoms with Crippen molar-refractivity contribution in [3.05, 3.63) is 47.5 Å². The van der Waals surface area contributed by atoms with Crippen LogP contribution >= 0.6 is 0 Å². The van der Waals surface area contributed by atoms with Crippen molar-refractivity contribution in [2.45, 2.75) is 20.3 Å². The van der Waals surface area contributed by atoms with E-state index in [9.17, 15) is 4.79 Å². The molecule has 3 aromatic rings. The summed E-state index contributed by atoms with van der Waals surface area (Å²) in [5.41, 5.74) is 3.88. The molecule has 2 aromatic heterocycles. The Balaban J connectivity index is 1.47. The van der Waals surface area contributed by atoms with Crippen LogP contribution < -0.4 is 10.1 Å². The summed E-state index contributed by atoms with van der Waals surface area (Å²) in [5, 5.41) is 20.9. The zero-order valence-electron chi connectivity index (χ0n) is 14.1. The minimum Gasteiger partial charge on any atom is -0.484 e. The molecular formula is C16H19N7O2. The van der Waals surface area contributed by atoms with Crippen LogP contribution in [0, 0.1) is 13.8 Å². The molecule has 2 heterocycles. The minimum atomic E-state index is -0.174. The first-order valence-corrected chi connectivity index (χ1v) is 7.87. The molecule has 2 N–H and O–H groups in total. The van der Waals surface area contributed by atoms with Crippen LogP contribution in [0.1, 0.15) is 17.0 Å². The van der Waals surface area contributed by atoms with Crippen molar-refractivity contribution in [3.8, 4) is 11.4 Å². The molecule has 0 radical (unpaired) electrons. The lowest BCUT2D eigenvalue weighted by molar-refractivity contribution is -0.123. The summed E-state index contributed by atoms with van der Waals surface area (Å²) >= 11 is 0. The Morgan fingerprint density at radius 1 is 1.36 bits per heavy atom. The van der Waals surface area contributed by atoms with Gasteiger partial charge in [0, 0.05) is 18.3 Å². The number of aromatic amines is 1. The number of aromatic nitrogens is 6. The summed E-state index contributed by atoms with van der Waals surface area (Å²) < 4.78 is 7.05. The second-order valence-corrected chi connectivity index (χ2v) is 5.55. The Morgan fingerprint density at radius 3 is 2.96 bits per heavy atom. The van der Waals surface area contributed by atoms with Crippen LogP contribution in [0.4, 0.5) is 0 Å². The summed E-state index contributed by atoms with van der Waals surface area (Å²) in [5.74, 6) is 0.399. The van der Waals surface area contributed by atoms with Gasteiger partial charge in [-0.15, -0.1) is 5.10 Å². The second kappa shape index (κ2) is 7.56. The number of rotatable bonds is 7. The van der Waals surface area contributed by atoms with E-state index in [0.29, 0.717) is 12.3 Å². The van der Waals surface area contributed by atoms with Gasteiger partial charge in [-0.05, 0) is 48.4 Å². The maximum Gasteiger partial charge on any atom is 0.257 e. The maximum atomic E-state index is 11.9. The highest BCUT2D eigenvalue weighted by Gasteiger charge is 2.08. The van der Waals surface area contributed by atoms with E-state index in [1.165, 1.54) is 11.0 Å². The first-order valence-electron chi connectivity index (χ1n) is 7.87. The van der Waals surface area contributed by atoms with Crippen LogP contribution in [0.5, 0.6) is 5.75 Å². The Labute approximate surface area is 144 Å². The predicted molar refractivity (Wildman–Crippen MR) is 89.4 cm³/mol. The fraction of sp³-hybridized carbons (Fsp3) is 0.312. The summed E-state index contributed by atoms with van der Waals surface area (Å²) in [7, 11) is 0. The number of ether oxygens (including phenoxy) is 1. The van der Waals surface area contributed by atoms with Crippen LogP contribution in [-0.4, -0.2) is 49.5 Å². The first kappa shape index (κ1) is 16.6. The van der Waals surface area contributed by atoms with Crippen LogP contribution in [0.15, 0.2) is 30.6 Å². The molecular weight excluding hydrogens is 322 g/mol. The van der Waals surface area contributed by atoms with Gasteiger partial charge in [0.15, 0.2) is 6.61 Å². The van der Waals surface area contributed by atoms with Crippen molar-refractivity contribution in [2.24, 2.45) is 0 Å². The molecule has 0 aliphatic carbocycles. The molecule has 0 aliphatic rings. The number of hydrogen-bond donors (Lipinski definition) is 2. The third-order valence-electron chi connectivity index (χ3n) is 3.78. The monoisotopic (exact) mass is 341 g/mol. The normalized spacial score (nSPS) is 10.6. The molecule has 0 fully saturated rings. The Morgan fingerprint density at radius 2 is 2.24 bits per heavy atom. The molecule has 3 rings (SSSR count). The van der Waals surface area contributed by atoms with Gasteiger partial charge < -0.3 is 10.1 Å². The van der Waals surface area contributed by atoms with Crippen molar-refractivity contribution < 1.29 is 9.53 Å². The Hall–Kier alpha value is -3.23. The lowest BCUT2D eigenvalue weighted by atomic mass is 10.1. The third kappa shape index (κ3) is 4.19. The van der Waals surface area contributed by atoms with Crippen molar-refractivity contribution in [1.29, 1.82) is 0 Å². The molecule has 9 heteroatoms. The number of aryl methyl sites for hydroxylation is 2. The zero-order valence-corrected chi connectivity index (χ0v) is 14.1. The summed E-state index contributed by atoms with van der Waals surface area (Å²) in [6.07, 6.45) is 2.22. The molecule has 0 saturated heterocycles. The SMILES string of the molecule is Cc1n[nH]c(C)c1CCNC(=O)COc1cccc(-n2cnnn2)c1. The highest BCUT2D eigenvalue weighted by Crippen LogP contribution is 2.15. The third-order valence-corrected chi connectivity index (χ3v) is 3.78. The van der Waals surface area contributed by atoms with Gasteiger partial charge in [0.1, 0.15) is 12.1 Å². The van der Waals surface area contributed by atoms with Gasteiger partial charge in [0.2, 0.25) is 0 Å².